The van der Waals surface area contributed by atoms with Gasteiger partial charge in [0.2, 0.25) is 5.78 Å². The molecule has 27 heavy (non-hydrogen) atoms. The topological polar surface area (TPSA) is 47.0 Å². The Labute approximate surface area is 160 Å². The molecular formula is C23H17NO2S. The molecule has 132 valence electrons. The maximum atomic E-state index is 11.6. The van der Waals surface area contributed by atoms with Gasteiger partial charge in [-0.2, -0.15) is 0 Å². The van der Waals surface area contributed by atoms with Crippen LogP contribution in [0, 0.1) is 0 Å². The third kappa shape index (κ3) is 2.68. The smallest absolute Gasteiger partial charge is 0.244 e. The van der Waals surface area contributed by atoms with Gasteiger partial charge in [-0.05, 0) is 51.9 Å². The maximum Gasteiger partial charge on any atom is 0.244 e. The second-order valence-electron chi connectivity index (χ2n) is 7.08. The molecule has 0 saturated heterocycles. The number of thiazole rings is 1. The first-order valence-electron chi connectivity index (χ1n) is 9.12. The molecule has 1 aromatic heterocycles. The highest BCUT2D eigenvalue weighted by molar-refractivity contribution is 7.10. The van der Waals surface area contributed by atoms with Crippen molar-refractivity contribution < 1.29 is 9.59 Å². The van der Waals surface area contributed by atoms with Crippen molar-refractivity contribution in [1.29, 1.82) is 0 Å². The number of fused-ring (bicyclic) bond motifs is 5. The van der Waals surface area contributed by atoms with E-state index in [0.717, 1.165) is 24.3 Å². The minimum Gasteiger partial charge on any atom is -0.294 e. The molecule has 0 amide bonds. The first kappa shape index (κ1) is 16.3. The minimum absolute atomic E-state index is 0.278. The number of carbonyl (C=O) groups is 2. The summed E-state index contributed by atoms with van der Waals surface area (Å²) in [7, 11) is 0. The van der Waals surface area contributed by atoms with Gasteiger partial charge in [0.1, 0.15) is 5.69 Å². The number of ketones is 1. The number of carbonyl (C=O) groups excluding carboxylic acids is 2. The Hall–Kier alpha value is -2.85. The molecule has 0 spiro atoms. The van der Waals surface area contributed by atoms with Crippen LogP contribution in [-0.2, 0) is 17.6 Å². The lowest BCUT2D eigenvalue weighted by molar-refractivity contribution is -0.104. The lowest BCUT2D eigenvalue weighted by Gasteiger charge is -2.25. The molecule has 0 bridgehead atoms. The first-order chi connectivity index (χ1) is 13.2. The van der Waals surface area contributed by atoms with Gasteiger partial charge in [0.25, 0.3) is 0 Å². The molecule has 0 N–H and O–H groups in total. The maximum absolute atomic E-state index is 11.6. The Bertz CT molecular complexity index is 1210. The second kappa shape index (κ2) is 6.39. The van der Waals surface area contributed by atoms with Gasteiger partial charge in [0.05, 0.1) is 5.01 Å². The number of hydrogen-bond acceptors (Lipinski definition) is 4. The molecule has 1 unspecified atom stereocenters. The zero-order valence-electron chi connectivity index (χ0n) is 14.6. The first-order valence-corrected chi connectivity index (χ1v) is 9.99. The zero-order valence-corrected chi connectivity index (χ0v) is 15.5. The lowest BCUT2D eigenvalue weighted by Crippen LogP contribution is -2.13. The van der Waals surface area contributed by atoms with E-state index in [9.17, 15) is 9.59 Å². The number of aryl methyl sites for hydroxylation is 1. The van der Waals surface area contributed by atoms with Crippen molar-refractivity contribution in [2.24, 2.45) is 0 Å². The van der Waals surface area contributed by atoms with Crippen molar-refractivity contribution in [1.82, 2.24) is 4.98 Å². The van der Waals surface area contributed by atoms with Gasteiger partial charge in [0, 0.05) is 11.3 Å². The third-order valence-electron chi connectivity index (χ3n) is 5.58. The molecule has 4 aromatic rings. The van der Waals surface area contributed by atoms with E-state index < -0.39 is 5.78 Å². The van der Waals surface area contributed by atoms with Gasteiger partial charge in [-0.3, -0.25) is 9.59 Å². The summed E-state index contributed by atoms with van der Waals surface area (Å²) in [6.45, 7) is 0. The second-order valence-corrected chi connectivity index (χ2v) is 7.97. The summed E-state index contributed by atoms with van der Waals surface area (Å²) in [5, 5.41) is 7.82. The van der Waals surface area contributed by atoms with Crippen LogP contribution in [-0.4, -0.2) is 17.1 Å². The number of nitrogens with zero attached hydrogens (tertiary/aromatic N) is 1. The normalized spacial score (nSPS) is 16.4. The minimum atomic E-state index is -0.536. The van der Waals surface area contributed by atoms with Crippen LogP contribution in [0.4, 0.5) is 0 Å². The van der Waals surface area contributed by atoms with E-state index in [1.165, 1.54) is 44.0 Å². The fourth-order valence-electron chi connectivity index (χ4n) is 4.21. The van der Waals surface area contributed by atoms with Gasteiger partial charge >= 0.3 is 0 Å². The van der Waals surface area contributed by atoms with Gasteiger partial charge < -0.3 is 0 Å². The van der Waals surface area contributed by atoms with Crippen molar-refractivity contribution in [3.8, 4) is 0 Å². The van der Waals surface area contributed by atoms with E-state index in [4.69, 9.17) is 0 Å². The average Bonchev–Trinajstić information content (AvgIpc) is 3.22. The number of rotatable bonds is 3. The van der Waals surface area contributed by atoms with Crippen LogP contribution >= 0.6 is 11.3 Å². The number of hydrogen-bond donors (Lipinski definition) is 0. The fourth-order valence-corrected chi connectivity index (χ4v) is 5.15. The van der Waals surface area contributed by atoms with Gasteiger partial charge in [-0.25, -0.2) is 4.98 Å². The van der Waals surface area contributed by atoms with Crippen LogP contribution in [0.2, 0.25) is 0 Å². The van der Waals surface area contributed by atoms with Crippen molar-refractivity contribution in [3.63, 3.8) is 0 Å². The van der Waals surface area contributed by atoms with E-state index in [0.29, 0.717) is 12.2 Å². The Morgan fingerprint density at radius 1 is 1.04 bits per heavy atom. The molecule has 0 fully saturated rings. The number of benzene rings is 3. The highest BCUT2D eigenvalue weighted by Gasteiger charge is 2.25. The Morgan fingerprint density at radius 3 is 2.78 bits per heavy atom. The standard InChI is InChI=1S/C23H17NO2S/c25-12-22(26)21-13-27-23(24-21)16-6-5-15-8-9-18-17-4-2-1-3-14(17)7-10-19(18)20(15)11-16/h1-4,7-10,12-13,16H,5-6,11H2. The molecule has 5 rings (SSSR count). The predicted octanol–water partition coefficient (Wildman–Crippen LogP) is 5.10. The molecule has 0 saturated carbocycles. The average molecular weight is 371 g/mol. The molecule has 0 aliphatic heterocycles. The van der Waals surface area contributed by atoms with E-state index in [1.807, 2.05) is 0 Å². The van der Waals surface area contributed by atoms with E-state index in [1.54, 1.807) is 5.38 Å². The largest absolute Gasteiger partial charge is 0.294 e. The molecule has 3 nitrogen and oxygen atoms in total. The van der Waals surface area contributed by atoms with Crippen LogP contribution in [0.15, 0.2) is 53.9 Å². The van der Waals surface area contributed by atoms with Crippen molar-refractivity contribution in [2.45, 2.75) is 25.2 Å². The van der Waals surface area contributed by atoms with Crippen LogP contribution in [0.1, 0.15) is 39.0 Å². The van der Waals surface area contributed by atoms with E-state index in [2.05, 4.69) is 53.5 Å². The molecule has 4 heteroatoms. The van der Waals surface area contributed by atoms with Gasteiger partial charge in [-0.15, -0.1) is 11.3 Å². The lowest BCUT2D eigenvalue weighted by atomic mass is 9.81. The Balaban J connectivity index is 1.59. The highest BCUT2D eigenvalue weighted by Crippen LogP contribution is 2.39. The molecule has 1 aliphatic rings. The third-order valence-corrected chi connectivity index (χ3v) is 6.59. The summed E-state index contributed by atoms with van der Waals surface area (Å²) in [6.07, 6.45) is 3.30. The fraction of sp³-hybridized carbons (Fsp3) is 0.174. The van der Waals surface area contributed by atoms with Gasteiger partial charge in [-0.1, -0.05) is 48.5 Å². The highest BCUT2D eigenvalue weighted by atomic mass is 32.1. The SMILES string of the molecule is O=CC(=O)c1csc(C2CCc3ccc4c(ccc5ccccc54)c3C2)n1. The molecule has 1 heterocycles. The summed E-state index contributed by atoms with van der Waals surface area (Å²) in [4.78, 5) is 26.8. The number of aldehydes is 1. The predicted molar refractivity (Wildman–Crippen MR) is 109 cm³/mol. The summed E-state index contributed by atoms with van der Waals surface area (Å²) >= 11 is 1.49. The Kier molecular flexibility index (Phi) is 3.87. The summed E-state index contributed by atoms with van der Waals surface area (Å²) < 4.78 is 0. The summed E-state index contributed by atoms with van der Waals surface area (Å²) in [5.41, 5.74) is 3.09. The van der Waals surface area contributed by atoms with Crippen LogP contribution in [0.5, 0.6) is 0 Å². The summed E-state index contributed by atoms with van der Waals surface area (Å²) in [5.74, 6) is -0.238. The van der Waals surface area contributed by atoms with Crippen LogP contribution < -0.4 is 0 Å². The molecule has 1 aliphatic carbocycles. The van der Waals surface area contributed by atoms with Crippen molar-refractivity contribution in [3.05, 3.63) is 75.7 Å². The van der Waals surface area contributed by atoms with Crippen LogP contribution in [0.25, 0.3) is 21.5 Å². The van der Waals surface area contributed by atoms with Gasteiger partial charge in [0.15, 0.2) is 6.29 Å². The molecular weight excluding hydrogens is 354 g/mol. The number of Topliss-reactive ketones (excluding diaryl/α,β-unsaturated/α-hetero) is 1. The van der Waals surface area contributed by atoms with E-state index >= 15 is 0 Å². The molecule has 0 radical (unpaired) electrons. The van der Waals surface area contributed by atoms with Crippen LogP contribution in [0.3, 0.4) is 0 Å². The summed E-state index contributed by atoms with van der Waals surface area (Å²) in [6, 6.07) is 17.5. The quantitative estimate of drug-likeness (QED) is 0.218. The Morgan fingerprint density at radius 2 is 1.89 bits per heavy atom. The molecule has 1 atom stereocenters. The van der Waals surface area contributed by atoms with E-state index in [-0.39, 0.29) is 5.69 Å². The molecule has 3 aromatic carbocycles. The number of aromatic nitrogens is 1. The van der Waals surface area contributed by atoms with Crippen molar-refractivity contribution in [2.75, 3.05) is 0 Å². The monoisotopic (exact) mass is 371 g/mol. The zero-order chi connectivity index (χ0) is 18.4. The van der Waals surface area contributed by atoms with Crippen molar-refractivity contribution >= 4 is 45.0 Å².